The number of pyridine rings is 1. The number of allylic oxidation sites excluding steroid dienone is 1. The van der Waals surface area contributed by atoms with E-state index in [1.807, 2.05) is 24.3 Å². The maximum absolute atomic E-state index is 12.3. The van der Waals surface area contributed by atoms with Crippen LogP contribution < -0.4 is 10.4 Å². The number of hydrogen-bond donors (Lipinski definition) is 1. The Morgan fingerprint density at radius 1 is 1.32 bits per heavy atom. The van der Waals surface area contributed by atoms with Crippen LogP contribution in [-0.4, -0.2) is 37.7 Å². The standard InChI is InChI=1S/C28H28N6O3/c1-5-7-19-12-23(30-26-24(19)31-28(35)33(26)4)21-11-18(8-9-20(21)13-29)15-34-14-17(3)25-22(16-34)27(32-37-25)36-10-6-2/h5-6,8-9,11-12,17H,1-2,7,10,14-16H2,3-4H3,(H,31,35). The molecule has 1 unspecified atom stereocenters. The third kappa shape index (κ3) is 4.47. The van der Waals surface area contributed by atoms with E-state index in [-0.39, 0.29) is 11.6 Å². The van der Waals surface area contributed by atoms with Crippen LogP contribution in [0.15, 0.2) is 58.9 Å². The van der Waals surface area contributed by atoms with Crippen molar-refractivity contribution in [2.75, 3.05) is 13.2 Å². The Kier molecular flexibility index (Phi) is 6.51. The van der Waals surface area contributed by atoms with E-state index in [1.165, 1.54) is 4.57 Å². The van der Waals surface area contributed by atoms with E-state index in [4.69, 9.17) is 14.2 Å². The van der Waals surface area contributed by atoms with E-state index in [0.29, 0.717) is 54.4 Å². The average molecular weight is 497 g/mol. The first-order chi connectivity index (χ1) is 17.9. The molecule has 1 atom stereocenters. The first-order valence-electron chi connectivity index (χ1n) is 12.1. The number of fused-ring (bicyclic) bond motifs is 2. The minimum absolute atomic E-state index is 0.163. The van der Waals surface area contributed by atoms with Crippen LogP contribution in [0.1, 0.15) is 40.9 Å². The molecule has 5 rings (SSSR count). The lowest BCUT2D eigenvalue weighted by Gasteiger charge is -2.29. The van der Waals surface area contributed by atoms with Gasteiger partial charge in [0.15, 0.2) is 5.65 Å². The number of nitrogens with one attached hydrogen (secondary N) is 1. The molecule has 37 heavy (non-hydrogen) atoms. The summed E-state index contributed by atoms with van der Waals surface area (Å²) in [6.45, 7) is 12.1. The van der Waals surface area contributed by atoms with Gasteiger partial charge in [0.25, 0.3) is 5.88 Å². The average Bonchev–Trinajstić information content (AvgIpc) is 3.43. The smallest absolute Gasteiger partial charge is 0.327 e. The van der Waals surface area contributed by atoms with Crippen LogP contribution in [0.25, 0.3) is 22.4 Å². The van der Waals surface area contributed by atoms with Crippen molar-refractivity contribution in [2.45, 2.75) is 32.4 Å². The number of H-pyrrole nitrogens is 1. The monoisotopic (exact) mass is 496 g/mol. The Bertz CT molecular complexity index is 1600. The maximum atomic E-state index is 12.3. The predicted molar refractivity (Wildman–Crippen MR) is 140 cm³/mol. The van der Waals surface area contributed by atoms with Crippen LogP contribution in [0.3, 0.4) is 0 Å². The molecule has 188 valence electrons. The van der Waals surface area contributed by atoms with Gasteiger partial charge in [0.2, 0.25) is 0 Å². The molecular formula is C28H28N6O3. The van der Waals surface area contributed by atoms with Gasteiger partial charge in [0.05, 0.1) is 28.4 Å². The lowest BCUT2D eigenvalue weighted by atomic mass is 9.96. The quantitative estimate of drug-likeness (QED) is 0.364. The molecule has 0 amide bonds. The molecule has 0 aliphatic carbocycles. The number of ether oxygens (including phenoxy) is 1. The molecule has 3 aromatic heterocycles. The van der Waals surface area contributed by atoms with Crippen LogP contribution in [0.2, 0.25) is 0 Å². The first kappa shape index (κ1) is 24.3. The summed E-state index contributed by atoms with van der Waals surface area (Å²) in [6, 6.07) is 10.0. The fraction of sp³-hybridized carbons (Fsp3) is 0.286. The largest absolute Gasteiger partial charge is 0.471 e. The van der Waals surface area contributed by atoms with Gasteiger partial charge in [-0.05, 0) is 40.9 Å². The molecule has 1 N–H and O–H groups in total. The summed E-state index contributed by atoms with van der Waals surface area (Å²) in [6.07, 6.45) is 4.03. The summed E-state index contributed by atoms with van der Waals surface area (Å²) in [5.41, 5.74) is 5.81. The van der Waals surface area contributed by atoms with Crippen molar-refractivity contribution in [2.24, 2.45) is 7.05 Å². The van der Waals surface area contributed by atoms with Crippen LogP contribution in [0.5, 0.6) is 5.88 Å². The molecule has 0 fully saturated rings. The lowest BCUT2D eigenvalue weighted by Crippen LogP contribution is -2.31. The normalized spacial score (nSPS) is 15.3. The molecule has 0 spiro atoms. The Morgan fingerprint density at radius 2 is 2.16 bits per heavy atom. The van der Waals surface area contributed by atoms with Crippen molar-refractivity contribution in [3.63, 3.8) is 0 Å². The second-order valence-electron chi connectivity index (χ2n) is 9.34. The fourth-order valence-electron chi connectivity index (χ4n) is 4.93. The highest BCUT2D eigenvalue weighted by Gasteiger charge is 2.30. The minimum Gasteiger partial charge on any atom is -0.471 e. The number of aromatic amines is 1. The number of aromatic nitrogens is 4. The second-order valence-corrected chi connectivity index (χ2v) is 9.34. The molecule has 1 aliphatic rings. The van der Waals surface area contributed by atoms with Gasteiger partial charge in [0, 0.05) is 38.2 Å². The van der Waals surface area contributed by atoms with Crippen molar-refractivity contribution in [1.82, 2.24) is 24.6 Å². The number of hydrogen-bond acceptors (Lipinski definition) is 7. The Labute approximate surface area is 214 Å². The zero-order valence-corrected chi connectivity index (χ0v) is 21.0. The molecule has 1 aromatic carbocycles. The summed E-state index contributed by atoms with van der Waals surface area (Å²) in [5.74, 6) is 1.53. The highest BCUT2D eigenvalue weighted by atomic mass is 16.5. The van der Waals surface area contributed by atoms with Gasteiger partial charge < -0.3 is 14.2 Å². The van der Waals surface area contributed by atoms with E-state index in [9.17, 15) is 10.1 Å². The van der Waals surface area contributed by atoms with Gasteiger partial charge in [-0.1, -0.05) is 31.7 Å². The summed E-state index contributed by atoms with van der Waals surface area (Å²) < 4.78 is 12.7. The van der Waals surface area contributed by atoms with Crippen LogP contribution in [-0.2, 0) is 26.6 Å². The van der Waals surface area contributed by atoms with Crippen molar-refractivity contribution in [1.29, 1.82) is 5.26 Å². The van der Waals surface area contributed by atoms with Gasteiger partial charge in [-0.25, -0.2) is 9.78 Å². The third-order valence-corrected chi connectivity index (χ3v) is 6.67. The highest BCUT2D eigenvalue weighted by Crippen LogP contribution is 2.35. The Balaban J connectivity index is 1.50. The van der Waals surface area contributed by atoms with Gasteiger partial charge >= 0.3 is 5.69 Å². The maximum Gasteiger partial charge on any atom is 0.327 e. The molecule has 0 radical (unpaired) electrons. The summed E-state index contributed by atoms with van der Waals surface area (Å²) in [4.78, 5) is 22.2. The highest BCUT2D eigenvalue weighted by molar-refractivity contribution is 5.81. The zero-order valence-electron chi connectivity index (χ0n) is 21.0. The van der Waals surface area contributed by atoms with Crippen LogP contribution in [0.4, 0.5) is 0 Å². The lowest BCUT2D eigenvalue weighted by molar-refractivity contribution is 0.205. The van der Waals surface area contributed by atoms with Gasteiger partial charge in [0.1, 0.15) is 12.4 Å². The number of nitrogens with zero attached hydrogens (tertiary/aromatic N) is 5. The van der Waals surface area contributed by atoms with Gasteiger partial charge in [-0.3, -0.25) is 9.47 Å². The SMILES string of the molecule is C=CCOc1noc2c1CN(Cc1ccc(C#N)c(-c3cc(CC=C)c4[nH]c(=O)n(C)c4n3)c1)CC2C. The zero-order chi connectivity index (χ0) is 26.1. The number of benzene rings is 1. The second kappa shape index (κ2) is 9.91. The fourth-order valence-corrected chi connectivity index (χ4v) is 4.93. The van der Waals surface area contributed by atoms with Crippen LogP contribution >= 0.6 is 0 Å². The Hall–Kier alpha value is -4.42. The topological polar surface area (TPSA) is 113 Å². The predicted octanol–water partition coefficient (Wildman–Crippen LogP) is 4.20. The van der Waals surface area contributed by atoms with E-state index < -0.39 is 0 Å². The summed E-state index contributed by atoms with van der Waals surface area (Å²) in [7, 11) is 1.68. The van der Waals surface area contributed by atoms with Crippen molar-refractivity contribution in [3.05, 3.63) is 88.1 Å². The van der Waals surface area contributed by atoms with Crippen molar-refractivity contribution >= 4 is 11.2 Å². The third-order valence-electron chi connectivity index (χ3n) is 6.67. The molecule has 9 heteroatoms. The first-order valence-corrected chi connectivity index (χ1v) is 12.1. The molecule has 4 aromatic rings. The van der Waals surface area contributed by atoms with E-state index in [1.54, 1.807) is 19.2 Å². The summed E-state index contributed by atoms with van der Waals surface area (Å²) in [5, 5.41) is 14.0. The van der Waals surface area contributed by atoms with E-state index in [2.05, 4.69) is 41.2 Å². The molecule has 4 heterocycles. The van der Waals surface area contributed by atoms with Crippen molar-refractivity contribution in [3.8, 4) is 23.2 Å². The summed E-state index contributed by atoms with van der Waals surface area (Å²) >= 11 is 0. The van der Waals surface area contributed by atoms with Gasteiger partial charge in [-0.2, -0.15) is 5.26 Å². The number of nitriles is 1. The van der Waals surface area contributed by atoms with Crippen molar-refractivity contribution < 1.29 is 9.26 Å². The van der Waals surface area contributed by atoms with E-state index in [0.717, 1.165) is 34.6 Å². The van der Waals surface area contributed by atoms with Crippen LogP contribution in [0, 0.1) is 11.3 Å². The van der Waals surface area contributed by atoms with Gasteiger partial charge in [-0.15, -0.1) is 6.58 Å². The number of aryl methyl sites for hydroxylation is 1. The molecule has 0 saturated carbocycles. The molecule has 0 saturated heterocycles. The molecule has 1 aliphatic heterocycles. The van der Waals surface area contributed by atoms with E-state index >= 15 is 0 Å². The number of rotatable bonds is 8. The minimum atomic E-state index is -0.233. The Morgan fingerprint density at radius 3 is 2.92 bits per heavy atom. The molecular weight excluding hydrogens is 468 g/mol. The molecule has 9 nitrogen and oxygen atoms in total. The molecule has 0 bridgehead atoms. The number of imidazole rings is 1.